The van der Waals surface area contributed by atoms with Crippen LogP contribution in [0.4, 0.5) is 5.82 Å². The fraction of sp³-hybridized carbons (Fsp3) is 0.111. The standard InChI is InChI=1S/C9H9N3S.ClH/c1-6-5-13-9(12-6)7-3-2-4-11-8(7)10;/h2-5H,1H3,(H2,10,11);1H. The maximum atomic E-state index is 5.72. The van der Waals surface area contributed by atoms with Crippen molar-refractivity contribution >= 4 is 29.6 Å². The Hall–Kier alpha value is -1.13. The molecular formula is C9H10ClN3S. The molecule has 0 aliphatic carbocycles. The van der Waals surface area contributed by atoms with E-state index in [1.54, 1.807) is 17.5 Å². The van der Waals surface area contributed by atoms with Crippen LogP contribution in [0.25, 0.3) is 10.6 Å². The third kappa shape index (κ3) is 2.02. The first kappa shape index (κ1) is 10.9. The topological polar surface area (TPSA) is 51.8 Å². The summed E-state index contributed by atoms with van der Waals surface area (Å²) in [5.74, 6) is 0.539. The van der Waals surface area contributed by atoms with Crippen molar-refractivity contribution in [3.8, 4) is 10.6 Å². The molecule has 2 rings (SSSR count). The highest BCUT2D eigenvalue weighted by atomic mass is 35.5. The lowest BCUT2D eigenvalue weighted by molar-refractivity contribution is 1.26. The summed E-state index contributed by atoms with van der Waals surface area (Å²) in [6.45, 7) is 1.96. The number of anilines is 1. The zero-order valence-corrected chi connectivity index (χ0v) is 9.23. The zero-order chi connectivity index (χ0) is 9.26. The third-order valence-corrected chi connectivity index (χ3v) is 2.68. The molecule has 3 nitrogen and oxygen atoms in total. The van der Waals surface area contributed by atoms with Crippen LogP contribution in [0.1, 0.15) is 5.69 Å². The van der Waals surface area contributed by atoms with E-state index in [1.165, 1.54) is 0 Å². The van der Waals surface area contributed by atoms with E-state index in [1.807, 2.05) is 24.4 Å². The van der Waals surface area contributed by atoms with Crippen LogP contribution in [0.3, 0.4) is 0 Å². The predicted octanol–water partition coefficient (Wildman–Crippen LogP) is 2.52. The van der Waals surface area contributed by atoms with Crippen LogP contribution in [-0.2, 0) is 0 Å². The Kier molecular flexibility index (Phi) is 3.43. The van der Waals surface area contributed by atoms with E-state index in [-0.39, 0.29) is 12.4 Å². The molecule has 0 saturated heterocycles. The number of pyridine rings is 1. The average Bonchev–Trinajstić information content (AvgIpc) is 2.53. The molecule has 0 amide bonds. The number of nitrogen functional groups attached to an aromatic ring is 1. The number of aryl methyl sites for hydroxylation is 1. The van der Waals surface area contributed by atoms with Gasteiger partial charge in [-0.05, 0) is 19.1 Å². The SMILES string of the molecule is Cc1csc(-c2cccnc2N)n1.Cl. The van der Waals surface area contributed by atoms with Crippen molar-refractivity contribution in [3.05, 3.63) is 29.4 Å². The molecule has 0 aliphatic heterocycles. The van der Waals surface area contributed by atoms with Gasteiger partial charge in [0.1, 0.15) is 10.8 Å². The molecule has 2 N–H and O–H groups in total. The quantitative estimate of drug-likeness (QED) is 0.815. The van der Waals surface area contributed by atoms with E-state index in [2.05, 4.69) is 9.97 Å². The molecule has 0 radical (unpaired) electrons. The van der Waals surface area contributed by atoms with Crippen LogP contribution in [0.5, 0.6) is 0 Å². The lowest BCUT2D eigenvalue weighted by Crippen LogP contribution is -1.92. The van der Waals surface area contributed by atoms with Crippen molar-refractivity contribution in [3.63, 3.8) is 0 Å². The van der Waals surface area contributed by atoms with Crippen LogP contribution in [0, 0.1) is 6.92 Å². The number of hydrogen-bond acceptors (Lipinski definition) is 4. The summed E-state index contributed by atoms with van der Waals surface area (Å²) >= 11 is 1.59. The Morgan fingerprint density at radius 2 is 2.21 bits per heavy atom. The molecule has 2 heterocycles. The maximum Gasteiger partial charge on any atom is 0.133 e. The summed E-state index contributed by atoms with van der Waals surface area (Å²) in [5, 5.41) is 2.94. The number of aromatic nitrogens is 2. The normalized spacial score (nSPS) is 9.50. The van der Waals surface area contributed by atoms with Crippen molar-refractivity contribution in [2.45, 2.75) is 6.92 Å². The van der Waals surface area contributed by atoms with Crippen molar-refractivity contribution in [1.29, 1.82) is 0 Å². The van der Waals surface area contributed by atoms with Crippen LogP contribution >= 0.6 is 23.7 Å². The lowest BCUT2D eigenvalue weighted by atomic mass is 10.3. The van der Waals surface area contributed by atoms with Gasteiger partial charge in [-0.3, -0.25) is 0 Å². The first-order chi connectivity index (χ1) is 6.27. The predicted molar refractivity (Wildman–Crippen MR) is 61.7 cm³/mol. The Bertz CT molecular complexity index is 428. The number of thiazole rings is 1. The first-order valence-electron chi connectivity index (χ1n) is 3.90. The van der Waals surface area contributed by atoms with Crippen LogP contribution in [0.2, 0.25) is 0 Å². The molecule has 0 saturated carbocycles. The van der Waals surface area contributed by atoms with Crippen LogP contribution in [0.15, 0.2) is 23.7 Å². The molecule has 5 heteroatoms. The largest absolute Gasteiger partial charge is 0.383 e. The van der Waals surface area contributed by atoms with Gasteiger partial charge in [-0.25, -0.2) is 9.97 Å². The van der Waals surface area contributed by atoms with Gasteiger partial charge in [-0.15, -0.1) is 23.7 Å². The molecule has 0 aromatic carbocycles. The summed E-state index contributed by atoms with van der Waals surface area (Å²) in [7, 11) is 0. The van der Waals surface area contributed by atoms with Gasteiger partial charge in [0, 0.05) is 17.3 Å². The molecular weight excluding hydrogens is 218 g/mol. The number of nitrogens with two attached hydrogens (primary N) is 1. The Morgan fingerprint density at radius 3 is 2.79 bits per heavy atom. The van der Waals surface area contributed by atoms with E-state index < -0.39 is 0 Å². The van der Waals surface area contributed by atoms with Gasteiger partial charge in [0.05, 0.1) is 5.56 Å². The molecule has 0 spiro atoms. The second-order valence-electron chi connectivity index (χ2n) is 2.73. The smallest absolute Gasteiger partial charge is 0.133 e. The molecule has 0 unspecified atom stereocenters. The summed E-state index contributed by atoms with van der Waals surface area (Å²) < 4.78 is 0. The van der Waals surface area contributed by atoms with E-state index in [0.29, 0.717) is 5.82 Å². The van der Waals surface area contributed by atoms with Gasteiger partial charge in [0.25, 0.3) is 0 Å². The molecule has 0 bridgehead atoms. The van der Waals surface area contributed by atoms with E-state index in [0.717, 1.165) is 16.3 Å². The number of nitrogens with zero attached hydrogens (tertiary/aromatic N) is 2. The third-order valence-electron chi connectivity index (χ3n) is 1.69. The van der Waals surface area contributed by atoms with Gasteiger partial charge >= 0.3 is 0 Å². The Morgan fingerprint density at radius 1 is 1.43 bits per heavy atom. The number of hydrogen-bond donors (Lipinski definition) is 1. The van der Waals surface area contributed by atoms with Crippen LogP contribution in [-0.4, -0.2) is 9.97 Å². The average molecular weight is 228 g/mol. The van der Waals surface area contributed by atoms with E-state index in [4.69, 9.17) is 5.73 Å². The monoisotopic (exact) mass is 227 g/mol. The minimum absolute atomic E-state index is 0. The molecule has 0 fully saturated rings. The minimum atomic E-state index is 0. The highest BCUT2D eigenvalue weighted by Crippen LogP contribution is 2.26. The van der Waals surface area contributed by atoms with Gasteiger partial charge in [0.15, 0.2) is 0 Å². The molecule has 2 aromatic heterocycles. The van der Waals surface area contributed by atoms with Crippen molar-refractivity contribution in [2.75, 3.05) is 5.73 Å². The summed E-state index contributed by atoms with van der Waals surface area (Å²) in [6, 6.07) is 3.79. The van der Waals surface area contributed by atoms with Crippen molar-refractivity contribution in [2.24, 2.45) is 0 Å². The highest BCUT2D eigenvalue weighted by molar-refractivity contribution is 7.13. The molecule has 0 atom stereocenters. The highest BCUT2D eigenvalue weighted by Gasteiger charge is 2.05. The second kappa shape index (κ2) is 4.39. The second-order valence-corrected chi connectivity index (χ2v) is 3.59. The van der Waals surface area contributed by atoms with Gasteiger partial charge in [0.2, 0.25) is 0 Å². The molecule has 0 aliphatic rings. The van der Waals surface area contributed by atoms with Crippen molar-refractivity contribution < 1.29 is 0 Å². The Balaban J connectivity index is 0.000000980. The van der Waals surface area contributed by atoms with Gasteiger partial charge in [-0.1, -0.05) is 0 Å². The fourth-order valence-corrected chi connectivity index (χ4v) is 1.91. The van der Waals surface area contributed by atoms with Gasteiger partial charge < -0.3 is 5.73 Å². The summed E-state index contributed by atoms with van der Waals surface area (Å²) in [5.41, 5.74) is 7.65. The molecule has 74 valence electrons. The van der Waals surface area contributed by atoms with Crippen molar-refractivity contribution in [1.82, 2.24) is 9.97 Å². The lowest BCUT2D eigenvalue weighted by Gasteiger charge is -1.98. The van der Waals surface area contributed by atoms with E-state index >= 15 is 0 Å². The van der Waals surface area contributed by atoms with Crippen LogP contribution < -0.4 is 5.73 Å². The Labute approximate surface area is 92.4 Å². The number of halogens is 1. The summed E-state index contributed by atoms with van der Waals surface area (Å²) in [6.07, 6.45) is 1.68. The fourth-order valence-electron chi connectivity index (χ4n) is 1.08. The zero-order valence-electron chi connectivity index (χ0n) is 7.60. The molecule has 2 aromatic rings. The van der Waals surface area contributed by atoms with E-state index in [9.17, 15) is 0 Å². The molecule has 14 heavy (non-hydrogen) atoms. The first-order valence-corrected chi connectivity index (χ1v) is 4.78. The number of rotatable bonds is 1. The van der Waals surface area contributed by atoms with Gasteiger partial charge in [-0.2, -0.15) is 0 Å². The minimum Gasteiger partial charge on any atom is -0.383 e. The summed E-state index contributed by atoms with van der Waals surface area (Å²) in [4.78, 5) is 8.35. The maximum absolute atomic E-state index is 5.72.